The van der Waals surface area contributed by atoms with Crippen molar-refractivity contribution in [1.29, 1.82) is 0 Å². The minimum absolute atomic E-state index is 0.112. The van der Waals surface area contributed by atoms with E-state index in [1.54, 1.807) is 22.4 Å². The standard InChI is InChI=1S/C15H21N5O2S/c1-9(15-10(2)23-11(3)18-15)17-13(21)8-20-14(22)6-12(7-16-20)19(4)5/h6-7,9H,8H2,1-5H3,(H,17,21). The molecule has 0 aliphatic heterocycles. The SMILES string of the molecule is Cc1nc(C(C)NC(=O)Cn2ncc(N(C)C)cc2=O)c(C)s1. The molecule has 1 N–H and O–H groups in total. The Hall–Kier alpha value is -2.22. The molecule has 8 heteroatoms. The number of nitrogens with zero attached hydrogens (tertiary/aromatic N) is 4. The summed E-state index contributed by atoms with van der Waals surface area (Å²) in [6, 6.07) is 1.25. The molecule has 1 atom stereocenters. The van der Waals surface area contributed by atoms with Crippen LogP contribution in [0, 0.1) is 13.8 Å². The van der Waals surface area contributed by atoms with Crippen molar-refractivity contribution in [2.75, 3.05) is 19.0 Å². The van der Waals surface area contributed by atoms with Crippen molar-refractivity contribution in [3.05, 3.63) is 38.2 Å². The molecule has 2 aromatic rings. The molecule has 0 radical (unpaired) electrons. The highest BCUT2D eigenvalue weighted by Gasteiger charge is 2.16. The minimum atomic E-state index is -0.306. The zero-order chi connectivity index (χ0) is 17.1. The van der Waals surface area contributed by atoms with Gasteiger partial charge in [-0.05, 0) is 20.8 Å². The van der Waals surface area contributed by atoms with Crippen LogP contribution in [-0.4, -0.2) is 34.8 Å². The molecule has 0 aliphatic rings. The van der Waals surface area contributed by atoms with Gasteiger partial charge >= 0.3 is 0 Å². The highest BCUT2D eigenvalue weighted by atomic mass is 32.1. The van der Waals surface area contributed by atoms with E-state index in [1.165, 1.54) is 6.07 Å². The van der Waals surface area contributed by atoms with Gasteiger partial charge in [-0.3, -0.25) is 9.59 Å². The van der Waals surface area contributed by atoms with Gasteiger partial charge in [-0.1, -0.05) is 0 Å². The number of amides is 1. The van der Waals surface area contributed by atoms with Gasteiger partial charge < -0.3 is 10.2 Å². The number of carbonyl (C=O) groups excluding carboxylic acids is 1. The molecule has 1 amide bonds. The highest BCUT2D eigenvalue weighted by Crippen LogP contribution is 2.22. The van der Waals surface area contributed by atoms with Gasteiger partial charge in [-0.2, -0.15) is 5.10 Å². The highest BCUT2D eigenvalue weighted by molar-refractivity contribution is 7.11. The first-order valence-electron chi connectivity index (χ1n) is 7.25. The fraction of sp³-hybridized carbons (Fsp3) is 0.467. The largest absolute Gasteiger partial charge is 0.376 e. The predicted molar refractivity (Wildman–Crippen MR) is 91.0 cm³/mol. The second kappa shape index (κ2) is 6.91. The summed E-state index contributed by atoms with van der Waals surface area (Å²) in [5, 5.41) is 7.86. The van der Waals surface area contributed by atoms with Crippen molar-refractivity contribution in [2.45, 2.75) is 33.4 Å². The predicted octanol–water partition coefficient (Wildman–Crippen LogP) is 1.26. The maximum Gasteiger partial charge on any atom is 0.269 e. The number of rotatable bonds is 5. The summed E-state index contributed by atoms with van der Waals surface area (Å²) >= 11 is 1.60. The van der Waals surface area contributed by atoms with E-state index in [0.29, 0.717) is 5.69 Å². The molecule has 0 fully saturated rings. The Balaban J connectivity index is 2.05. The Morgan fingerprint density at radius 3 is 2.65 bits per heavy atom. The van der Waals surface area contributed by atoms with Crippen LogP contribution in [0.25, 0.3) is 0 Å². The van der Waals surface area contributed by atoms with Crippen molar-refractivity contribution in [1.82, 2.24) is 20.1 Å². The average molecular weight is 335 g/mol. The third-order valence-corrected chi connectivity index (χ3v) is 4.29. The molecule has 7 nitrogen and oxygen atoms in total. The lowest BCUT2D eigenvalue weighted by atomic mass is 10.2. The maximum absolute atomic E-state index is 12.1. The van der Waals surface area contributed by atoms with Gasteiger partial charge in [0.15, 0.2) is 0 Å². The molecule has 2 rings (SSSR count). The minimum Gasteiger partial charge on any atom is -0.376 e. The van der Waals surface area contributed by atoms with E-state index in [4.69, 9.17) is 0 Å². The second-order valence-corrected chi connectivity index (χ2v) is 6.97. The first kappa shape index (κ1) is 17.1. The Labute approximate surface area is 139 Å². The van der Waals surface area contributed by atoms with Gasteiger partial charge in [0.05, 0.1) is 28.6 Å². The van der Waals surface area contributed by atoms with Crippen LogP contribution in [0.1, 0.15) is 28.5 Å². The normalized spacial score (nSPS) is 12.0. The van der Waals surface area contributed by atoms with Crippen LogP contribution in [0.2, 0.25) is 0 Å². The molecule has 0 bridgehead atoms. The topological polar surface area (TPSA) is 80.1 Å². The van der Waals surface area contributed by atoms with Crippen LogP contribution in [0.3, 0.4) is 0 Å². The third-order valence-electron chi connectivity index (χ3n) is 3.39. The molecule has 0 saturated heterocycles. The molecular weight excluding hydrogens is 314 g/mol. The van der Waals surface area contributed by atoms with Crippen molar-refractivity contribution in [2.24, 2.45) is 0 Å². The number of hydrogen-bond donors (Lipinski definition) is 1. The van der Waals surface area contributed by atoms with Crippen molar-refractivity contribution in [3.8, 4) is 0 Å². The first-order chi connectivity index (χ1) is 10.8. The smallest absolute Gasteiger partial charge is 0.269 e. The van der Waals surface area contributed by atoms with Gasteiger partial charge in [-0.25, -0.2) is 9.67 Å². The number of carbonyl (C=O) groups is 1. The third kappa shape index (κ3) is 4.16. The van der Waals surface area contributed by atoms with Crippen molar-refractivity contribution < 1.29 is 4.79 Å². The van der Waals surface area contributed by atoms with Crippen LogP contribution < -0.4 is 15.8 Å². The first-order valence-corrected chi connectivity index (χ1v) is 8.07. The van der Waals surface area contributed by atoms with Gasteiger partial charge in [0, 0.05) is 25.0 Å². The zero-order valence-electron chi connectivity index (χ0n) is 14.0. The van der Waals surface area contributed by atoms with Crippen LogP contribution in [0.5, 0.6) is 0 Å². The lowest BCUT2D eigenvalue weighted by Gasteiger charge is -2.14. The Bertz CT molecular complexity index is 765. The molecule has 0 aliphatic carbocycles. The molecule has 0 saturated carbocycles. The molecule has 124 valence electrons. The maximum atomic E-state index is 12.1. The summed E-state index contributed by atoms with van der Waals surface area (Å²) < 4.78 is 1.15. The van der Waals surface area contributed by atoms with E-state index in [1.807, 2.05) is 34.9 Å². The summed E-state index contributed by atoms with van der Waals surface area (Å²) in [5.41, 5.74) is 1.26. The molecule has 23 heavy (non-hydrogen) atoms. The van der Waals surface area contributed by atoms with Gasteiger partial charge in [-0.15, -0.1) is 11.3 Å². The Kier molecular flexibility index (Phi) is 5.15. The van der Waals surface area contributed by atoms with Crippen LogP contribution in [0.4, 0.5) is 5.69 Å². The fourth-order valence-electron chi connectivity index (χ4n) is 2.23. The number of hydrogen-bond acceptors (Lipinski definition) is 6. The van der Waals surface area contributed by atoms with E-state index in [2.05, 4.69) is 15.4 Å². The van der Waals surface area contributed by atoms with Gasteiger partial charge in [0.1, 0.15) is 6.54 Å². The summed E-state index contributed by atoms with van der Waals surface area (Å²) in [4.78, 5) is 31.4. The monoisotopic (exact) mass is 335 g/mol. The van der Waals surface area contributed by atoms with E-state index < -0.39 is 0 Å². The lowest BCUT2D eigenvalue weighted by Crippen LogP contribution is -2.35. The van der Waals surface area contributed by atoms with Gasteiger partial charge in [0.2, 0.25) is 5.91 Å². The van der Waals surface area contributed by atoms with E-state index in [-0.39, 0.29) is 24.1 Å². The van der Waals surface area contributed by atoms with Crippen LogP contribution in [-0.2, 0) is 11.3 Å². The summed E-state index contributed by atoms with van der Waals surface area (Å²) in [5.74, 6) is -0.269. The van der Waals surface area contributed by atoms with Crippen molar-refractivity contribution in [3.63, 3.8) is 0 Å². The molecule has 0 spiro atoms. The molecule has 0 aromatic carbocycles. The zero-order valence-corrected chi connectivity index (χ0v) is 14.8. The molecule has 1 unspecified atom stereocenters. The quantitative estimate of drug-likeness (QED) is 0.890. The number of nitrogens with one attached hydrogen (secondary N) is 1. The summed E-state index contributed by atoms with van der Waals surface area (Å²) in [6.45, 7) is 5.68. The average Bonchev–Trinajstić information content (AvgIpc) is 2.79. The summed E-state index contributed by atoms with van der Waals surface area (Å²) in [7, 11) is 3.65. The van der Waals surface area contributed by atoms with Gasteiger partial charge in [0.25, 0.3) is 5.56 Å². The molecule has 2 aromatic heterocycles. The fourth-order valence-corrected chi connectivity index (χ4v) is 3.14. The molecular formula is C15H21N5O2S. The molecule has 2 heterocycles. The van der Waals surface area contributed by atoms with E-state index in [0.717, 1.165) is 20.3 Å². The summed E-state index contributed by atoms with van der Waals surface area (Å²) in [6.07, 6.45) is 1.56. The Morgan fingerprint density at radius 2 is 2.13 bits per heavy atom. The lowest BCUT2D eigenvalue weighted by molar-refractivity contribution is -0.122. The number of thiazole rings is 1. The Morgan fingerprint density at radius 1 is 1.43 bits per heavy atom. The van der Waals surface area contributed by atoms with Crippen molar-refractivity contribution >= 4 is 22.9 Å². The van der Waals surface area contributed by atoms with Crippen LogP contribution >= 0.6 is 11.3 Å². The number of aryl methyl sites for hydroxylation is 2. The second-order valence-electron chi connectivity index (χ2n) is 5.57. The number of aromatic nitrogens is 3. The van der Waals surface area contributed by atoms with E-state index in [9.17, 15) is 9.59 Å². The van der Waals surface area contributed by atoms with E-state index >= 15 is 0 Å². The van der Waals surface area contributed by atoms with Crippen LogP contribution in [0.15, 0.2) is 17.1 Å². The number of anilines is 1.